The van der Waals surface area contributed by atoms with Crippen molar-refractivity contribution in [2.75, 3.05) is 19.3 Å². The molecule has 0 aliphatic rings. The van der Waals surface area contributed by atoms with E-state index in [1.807, 2.05) is 5.41 Å². The Hall–Kier alpha value is -0.700. The quantitative estimate of drug-likeness (QED) is 0.318. The highest BCUT2D eigenvalue weighted by molar-refractivity contribution is 8.02. The minimum Gasteiger partial charge on any atom is -0.338 e. The predicted octanol–water partition coefficient (Wildman–Crippen LogP) is 4.24. The first-order valence-corrected chi connectivity index (χ1v) is 7.91. The fourth-order valence-electron chi connectivity index (χ4n) is 1.55. The molecule has 0 aliphatic heterocycles. The van der Waals surface area contributed by atoms with E-state index in [1.165, 1.54) is 38.5 Å². The van der Waals surface area contributed by atoms with Crippen LogP contribution >= 0.6 is 11.8 Å². The molecule has 18 heavy (non-hydrogen) atoms. The van der Waals surface area contributed by atoms with Crippen LogP contribution in [-0.4, -0.2) is 30.2 Å². The molecule has 0 fully saturated rings. The number of carbonyl (C=O) groups is 1. The van der Waals surface area contributed by atoms with Crippen LogP contribution < -0.4 is 0 Å². The Morgan fingerprint density at radius 3 is 2.56 bits per heavy atom. The first-order valence-electron chi connectivity index (χ1n) is 6.86. The van der Waals surface area contributed by atoms with Gasteiger partial charge in [-0.3, -0.25) is 4.79 Å². The maximum absolute atomic E-state index is 11.5. The van der Waals surface area contributed by atoms with Gasteiger partial charge in [0.2, 0.25) is 5.91 Å². The molecule has 0 saturated carbocycles. The van der Waals surface area contributed by atoms with E-state index in [2.05, 4.69) is 13.5 Å². The predicted molar refractivity (Wildman–Crippen MR) is 82.8 cm³/mol. The van der Waals surface area contributed by atoms with Gasteiger partial charge in [0, 0.05) is 19.7 Å². The summed E-state index contributed by atoms with van der Waals surface area (Å²) in [6, 6.07) is 0. The molecule has 0 aromatic carbocycles. The van der Waals surface area contributed by atoms with Crippen molar-refractivity contribution < 1.29 is 4.79 Å². The molecule has 0 aromatic rings. The number of likely N-dealkylation sites (N-methyl/N-ethyl adjacent to an activating group) is 1. The van der Waals surface area contributed by atoms with Gasteiger partial charge in [-0.05, 0) is 17.6 Å². The maximum Gasteiger partial charge on any atom is 0.247 e. The second kappa shape index (κ2) is 12.7. The van der Waals surface area contributed by atoms with E-state index in [0.717, 1.165) is 5.75 Å². The second-order valence-corrected chi connectivity index (χ2v) is 5.46. The van der Waals surface area contributed by atoms with Crippen LogP contribution in [-0.2, 0) is 4.79 Å². The lowest BCUT2D eigenvalue weighted by molar-refractivity contribution is -0.124. The summed E-state index contributed by atoms with van der Waals surface area (Å²) in [5, 5.41) is 1.91. The van der Waals surface area contributed by atoms with Gasteiger partial charge in [-0.25, -0.2) is 0 Å². The molecule has 0 radical (unpaired) electrons. The van der Waals surface area contributed by atoms with Crippen molar-refractivity contribution in [2.45, 2.75) is 45.4 Å². The van der Waals surface area contributed by atoms with Gasteiger partial charge in [0.15, 0.2) is 0 Å². The zero-order chi connectivity index (χ0) is 13.6. The fraction of sp³-hybridized carbons (Fsp3) is 0.667. The first-order chi connectivity index (χ1) is 8.72. The van der Waals surface area contributed by atoms with E-state index in [-0.39, 0.29) is 5.91 Å². The average molecular weight is 269 g/mol. The molecular formula is C15H27NOS. The van der Waals surface area contributed by atoms with Gasteiger partial charge in [0.1, 0.15) is 0 Å². The number of carbonyl (C=O) groups excluding carboxylic acids is 1. The highest BCUT2D eigenvalue weighted by Gasteiger charge is 2.00. The number of nitrogens with zero attached hydrogens (tertiary/aromatic N) is 1. The highest BCUT2D eigenvalue weighted by atomic mass is 32.2. The number of rotatable bonds is 11. The Morgan fingerprint density at radius 1 is 1.22 bits per heavy atom. The van der Waals surface area contributed by atoms with E-state index in [9.17, 15) is 4.79 Å². The van der Waals surface area contributed by atoms with Crippen molar-refractivity contribution in [1.29, 1.82) is 0 Å². The number of amides is 1. The summed E-state index contributed by atoms with van der Waals surface area (Å²) in [7, 11) is 1.78. The minimum atomic E-state index is 0.0466. The van der Waals surface area contributed by atoms with Crippen LogP contribution in [0.1, 0.15) is 45.4 Å². The molecule has 0 bridgehead atoms. The topological polar surface area (TPSA) is 20.3 Å². The van der Waals surface area contributed by atoms with E-state index >= 15 is 0 Å². The summed E-state index contributed by atoms with van der Waals surface area (Å²) >= 11 is 1.73. The maximum atomic E-state index is 11.5. The number of hydrogen-bond acceptors (Lipinski definition) is 2. The molecule has 0 spiro atoms. The molecule has 0 rings (SSSR count). The molecule has 1 amide bonds. The summed E-state index contributed by atoms with van der Waals surface area (Å²) in [4.78, 5) is 13.2. The summed E-state index contributed by atoms with van der Waals surface area (Å²) in [5.74, 6) is 1.16. The minimum absolute atomic E-state index is 0.0466. The van der Waals surface area contributed by atoms with Crippen molar-refractivity contribution in [1.82, 2.24) is 4.90 Å². The molecule has 3 heteroatoms. The second-order valence-electron chi connectivity index (χ2n) is 4.45. The fourth-order valence-corrected chi connectivity index (χ4v) is 2.27. The van der Waals surface area contributed by atoms with Crippen LogP contribution in [0.15, 0.2) is 24.1 Å². The molecule has 0 atom stereocenters. The molecule has 0 heterocycles. The van der Waals surface area contributed by atoms with Crippen molar-refractivity contribution in [3.8, 4) is 0 Å². The number of hydrogen-bond donors (Lipinski definition) is 0. The van der Waals surface area contributed by atoms with Crippen LogP contribution in [0.3, 0.4) is 0 Å². The van der Waals surface area contributed by atoms with Crippen LogP contribution in [0.25, 0.3) is 0 Å². The molecular weight excluding hydrogens is 242 g/mol. The SMILES string of the molecule is C=CCN(C)C(=O)C=CSCCCCCCCC. The van der Waals surface area contributed by atoms with Gasteiger partial charge in [0.25, 0.3) is 0 Å². The smallest absolute Gasteiger partial charge is 0.247 e. The van der Waals surface area contributed by atoms with E-state index < -0.39 is 0 Å². The van der Waals surface area contributed by atoms with Crippen LogP contribution in [0, 0.1) is 0 Å². The Morgan fingerprint density at radius 2 is 1.89 bits per heavy atom. The zero-order valence-electron chi connectivity index (χ0n) is 11.9. The molecule has 0 aromatic heterocycles. The third-order valence-corrected chi connectivity index (χ3v) is 3.55. The molecule has 2 nitrogen and oxygen atoms in total. The molecule has 0 saturated heterocycles. The van der Waals surface area contributed by atoms with Gasteiger partial charge in [-0.15, -0.1) is 18.3 Å². The Labute approximate surface area is 117 Å². The van der Waals surface area contributed by atoms with Crippen molar-refractivity contribution in [2.24, 2.45) is 0 Å². The molecule has 104 valence electrons. The van der Waals surface area contributed by atoms with Crippen LogP contribution in [0.5, 0.6) is 0 Å². The van der Waals surface area contributed by atoms with Gasteiger partial charge in [-0.2, -0.15) is 0 Å². The third-order valence-electron chi connectivity index (χ3n) is 2.70. The Kier molecular flexibility index (Phi) is 12.3. The van der Waals surface area contributed by atoms with Gasteiger partial charge in [0.05, 0.1) is 0 Å². The monoisotopic (exact) mass is 269 g/mol. The number of unbranched alkanes of at least 4 members (excludes halogenated alkanes) is 5. The summed E-state index contributed by atoms with van der Waals surface area (Å²) < 4.78 is 0. The lowest BCUT2D eigenvalue weighted by atomic mass is 10.1. The van der Waals surface area contributed by atoms with Crippen molar-refractivity contribution in [3.05, 3.63) is 24.1 Å². The average Bonchev–Trinajstić information content (AvgIpc) is 2.36. The van der Waals surface area contributed by atoms with E-state index in [0.29, 0.717) is 6.54 Å². The summed E-state index contributed by atoms with van der Waals surface area (Å²) in [6.45, 7) is 6.45. The highest BCUT2D eigenvalue weighted by Crippen LogP contribution is 2.10. The Bertz CT molecular complexity index is 251. The zero-order valence-corrected chi connectivity index (χ0v) is 12.7. The van der Waals surface area contributed by atoms with E-state index in [1.54, 1.807) is 35.9 Å². The van der Waals surface area contributed by atoms with Gasteiger partial charge < -0.3 is 4.90 Å². The molecule has 0 unspecified atom stereocenters. The first kappa shape index (κ1) is 17.3. The van der Waals surface area contributed by atoms with Gasteiger partial charge >= 0.3 is 0 Å². The van der Waals surface area contributed by atoms with Crippen molar-refractivity contribution >= 4 is 17.7 Å². The standard InChI is InChI=1S/C15H27NOS/c1-4-6-7-8-9-10-13-18-14-11-15(17)16(3)12-5-2/h5,11,14H,2,4,6-10,12-13H2,1,3H3. The Balaban J connectivity index is 3.42. The van der Waals surface area contributed by atoms with Crippen LogP contribution in [0.4, 0.5) is 0 Å². The summed E-state index contributed by atoms with van der Waals surface area (Å²) in [5.41, 5.74) is 0. The molecule has 0 aliphatic carbocycles. The summed E-state index contributed by atoms with van der Waals surface area (Å²) in [6.07, 6.45) is 11.3. The normalized spacial score (nSPS) is 10.8. The lowest BCUT2D eigenvalue weighted by Crippen LogP contribution is -2.24. The number of thioether (sulfide) groups is 1. The van der Waals surface area contributed by atoms with Gasteiger partial charge in [-0.1, -0.05) is 45.1 Å². The van der Waals surface area contributed by atoms with E-state index in [4.69, 9.17) is 0 Å². The largest absolute Gasteiger partial charge is 0.338 e. The molecule has 0 N–H and O–H groups in total. The van der Waals surface area contributed by atoms with Crippen molar-refractivity contribution in [3.63, 3.8) is 0 Å². The van der Waals surface area contributed by atoms with Crippen LogP contribution in [0.2, 0.25) is 0 Å². The lowest BCUT2D eigenvalue weighted by Gasteiger charge is -2.11. The third kappa shape index (κ3) is 10.5.